The van der Waals surface area contributed by atoms with Gasteiger partial charge in [-0.2, -0.15) is 4.31 Å². The third kappa shape index (κ3) is 3.39. The van der Waals surface area contributed by atoms with Crippen LogP contribution in [0.2, 0.25) is 0 Å². The van der Waals surface area contributed by atoms with Gasteiger partial charge in [0, 0.05) is 31.2 Å². The zero-order chi connectivity index (χ0) is 17.4. The predicted octanol–water partition coefficient (Wildman–Crippen LogP) is 2.97. The molecule has 0 spiro atoms. The number of hydrogen-bond donors (Lipinski definition) is 1. The van der Waals surface area contributed by atoms with E-state index in [1.54, 1.807) is 24.3 Å². The molecule has 0 bridgehead atoms. The molecule has 25 heavy (non-hydrogen) atoms. The van der Waals surface area contributed by atoms with Gasteiger partial charge >= 0.3 is 0 Å². The Bertz CT molecular complexity index is 864. The van der Waals surface area contributed by atoms with E-state index in [2.05, 4.69) is 10.3 Å². The average Bonchev–Trinajstić information content (AvgIpc) is 3.13. The van der Waals surface area contributed by atoms with E-state index in [0.717, 1.165) is 24.8 Å². The van der Waals surface area contributed by atoms with Crippen LogP contribution in [0.4, 0.5) is 10.2 Å². The highest BCUT2D eigenvalue weighted by Gasteiger charge is 2.38. The molecule has 0 amide bonds. The fourth-order valence-electron chi connectivity index (χ4n) is 3.35. The topological polar surface area (TPSA) is 62.3 Å². The summed E-state index contributed by atoms with van der Waals surface area (Å²) in [7, 11) is -3.43. The standard InChI is InChI=1S/C18H20FN3O2S/c19-14-5-3-4-13(10-14)16-11-17(16)21-18-7-6-15(12-20-18)25(23,24)22-8-1-2-9-22/h3-7,10,12,16-17H,1-2,8-9,11H2,(H,20,21)/t16-,17+/m0/s1. The lowest BCUT2D eigenvalue weighted by Gasteiger charge is -2.15. The highest BCUT2D eigenvalue weighted by atomic mass is 32.2. The normalized spacial score (nSPS) is 23.6. The average molecular weight is 361 g/mol. The molecule has 1 aliphatic heterocycles. The van der Waals surface area contributed by atoms with Crippen molar-refractivity contribution in [2.45, 2.75) is 36.1 Å². The van der Waals surface area contributed by atoms with E-state index in [1.165, 1.54) is 16.6 Å². The van der Waals surface area contributed by atoms with E-state index in [9.17, 15) is 12.8 Å². The van der Waals surface area contributed by atoms with Crippen LogP contribution in [0.15, 0.2) is 47.5 Å². The summed E-state index contributed by atoms with van der Waals surface area (Å²) in [6.07, 6.45) is 4.15. The Labute approximate surface area is 146 Å². The Morgan fingerprint density at radius 2 is 1.96 bits per heavy atom. The number of sulfonamides is 1. The Morgan fingerprint density at radius 3 is 2.64 bits per heavy atom. The minimum absolute atomic E-state index is 0.204. The summed E-state index contributed by atoms with van der Waals surface area (Å²) in [5.74, 6) is 0.688. The number of nitrogens with one attached hydrogen (secondary N) is 1. The number of hydrogen-bond acceptors (Lipinski definition) is 4. The van der Waals surface area contributed by atoms with Gasteiger partial charge in [-0.25, -0.2) is 17.8 Å². The lowest BCUT2D eigenvalue weighted by molar-refractivity contribution is 0.477. The van der Waals surface area contributed by atoms with E-state index in [4.69, 9.17) is 0 Å². The van der Waals surface area contributed by atoms with Crippen LogP contribution in [0, 0.1) is 5.82 Å². The highest BCUT2D eigenvalue weighted by molar-refractivity contribution is 7.89. The lowest BCUT2D eigenvalue weighted by Crippen LogP contribution is -2.27. The largest absolute Gasteiger partial charge is 0.367 e. The van der Waals surface area contributed by atoms with Crippen molar-refractivity contribution in [3.63, 3.8) is 0 Å². The molecule has 2 heterocycles. The first kappa shape index (κ1) is 16.5. The van der Waals surface area contributed by atoms with Gasteiger partial charge in [-0.05, 0) is 49.1 Å². The van der Waals surface area contributed by atoms with Crippen molar-refractivity contribution in [2.24, 2.45) is 0 Å². The summed E-state index contributed by atoms with van der Waals surface area (Å²) in [4.78, 5) is 4.48. The Hall–Kier alpha value is -1.99. The Morgan fingerprint density at radius 1 is 1.16 bits per heavy atom. The molecule has 2 atom stereocenters. The molecule has 132 valence electrons. The summed E-state index contributed by atoms with van der Waals surface area (Å²) in [5, 5.41) is 3.29. The summed E-state index contributed by atoms with van der Waals surface area (Å²) >= 11 is 0. The van der Waals surface area contributed by atoms with Gasteiger partial charge in [0.1, 0.15) is 16.5 Å². The van der Waals surface area contributed by atoms with Crippen LogP contribution in [0.5, 0.6) is 0 Å². The number of benzene rings is 1. The van der Waals surface area contributed by atoms with E-state index >= 15 is 0 Å². The van der Waals surface area contributed by atoms with E-state index < -0.39 is 10.0 Å². The van der Waals surface area contributed by atoms with Gasteiger partial charge in [0.2, 0.25) is 10.0 Å². The smallest absolute Gasteiger partial charge is 0.244 e. The highest BCUT2D eigenvalue weighted by Crippen LogP contribution is 2.42. The van der Waals surface area contributed by atoms with Gasteiger partial charge in [0.15, 0.2) is 0 Å². The minimum atomic E-state index is -3.43. The van der Waals surface area contributed by atoms with Crippen molar-refractivity contribution in [1.29, 1.82) is 0 Å². The van der Waals surface area contributed by atoms with Gasteiger partial charge < -0.3 is 5.32 Å². The van der Waals surface area contributed by atoms with Crippen LogP contribution in [-0.2, 0) is 10.0 Å². The maximum absolute atomic E-state index is 13.3. The van der Waals surface area contributed by atoms with Crippen LogP contribution in [0.1, 0.15) is 30.7 Å². The quantitative estimate of drug-likeness (QED) is 0.889. The first-order valence-corrected chi connectivity index (χ1v) is 9.96. The lowest BCUT2D eigenvalue weighted by atomic mass is 10.1. The third-order valence-corrected chi connectivity index (χ3v) is 6.72. The summed E-state index contributed by atoms with van der Waals surface area (Å²) in [6, 6.07) is 10.1. The maximum Gasteiger partial charge on any atom is 0.244 e. The second kappa shape index (κ2) is 6.38. The second-order valence-electron chi connectivity index (χ2n) is 6.64. The van der Waals surface area contributed by atoms with Crippen molar-refractivity contribution < 1.29 is 12.8 Å². The van der Waals surface area contributed by atoms with Gasteiger partial charge in [0.05, 0.1) is 0 Å². The summed E-state index contributed by atoms with van der Waals surface area (Å²) in [6.45, 7) is 1.17. The number of pyridine rings is 1. The molecule has 1 aromatic carbocycles. The first-order valence-electron chi connectivity index (χ1n) is 8.52. The molecule has 0 unspecified atom stereocenters. The molecule has 1 aliphatic carbocycles. The number of halogens is 1. The fourth-order valence-corrected chi connectivity index (χ4v) is 4.81. The predicted molar refractivity (Wildman–Crippen MR) is 93.4 cm³/mol. The van der Waals surface area contributed by atoms with E-state index in [1.807, 2.05) is 6.07 Å². The summed E-state index contributed by atoms with van der Waals surface area (Å²) < 4.78 is 39.8. The van der Waals surface area contributed by atoms with E-state index in [-0.39, 0.29) is 22.7 Å². The third-order valence-electron chi connectivity index (χ3n) is 4.84. The van der Waals surface area contributed by atoms with Gasteiger partial charge in [-0.3, -0.25) is 0 Å². The van der Waals surface area contributed by atoms with Gasteiger partial charge in [0.25, 0.3) is 0 Å². The van der Waals surface area contributed by atoms with Crippen LogP contribution < -0.4 is 5.32 Å². The number of aromatic nitrogens is 1. The SMILES string of the molecule is O=S(=O)(c1ccc(N[C@@H]2C[C@H]2c2cccc(F)c2)nc1)N1CCCC1. The van der Waals surface area contributed by atoms with Crippen molar-refractivity contribution in [3.8, 4) is 0 Å². The van der Waals surface area contributed by atoms with Crippen LogP contribution in [0.25, 0.3) is 0 Å². The number of rotatable bonds is 5. The van der Waals surface area contributed by atoms with Gasteiger partial charge in [-0.15, -0.1) is 0 Å². The molecule has 7 heteroatoms. The fraction of sp³-hybridized carbons (Fsp3) is 0.389. The monoisotopic (exact) mass is 361 g/mol. The molecular weight excluding hydrogens is 341 g/mol. The van der Waals surface area contributed by atoms with Crippen molar-refractivity contribution >= 4 is 15.8 Å². The minimum Gasteiger partial charge on any atom is -0.367 e. The molecule has 1 aromatic heterocycles. The van der Waals surface area contributed by atoms with Crippen molar-refractivity contribution in [3.05, 3.63) is 54.0 Å². The number of nitrogens with zero attached hydrogens (tertiary/aromatic N) is 2. The molecule has 0 radical (unpaired) electrons. The molecular formula is C18H20FN3O2S. The summed E-state index contributed by atoms with van der Waals surface area (Å²) in [5.41, 5.74) is 0.978. The van der Waals surface area contributed by atoms with Crippen molar-refractivity contribution in [1.82, 2.24) is 9.29 Å². The molecule has 4 rings (SSSR count). The van der Waals surface area contributed by atoms with Crippen LogP contribution >= 0.6 is 0 Å². The van der Waals surface area contributed by atoms with Gasteiger partial charge in [-0.1, -0.05) is 12.1 Å². The maximum atomic E-state index is 13.3. The van der Waals surface area contributed by atoms with Crippen LogP contribution in [0.3, 0.4) is 0 Å². The van der Waals surface area contributed by atoms with Crippen LogP contribution in [-0.4, -0.2) is 36.8 Å². The first-order chi connectivity index (χ1) is 12.0. The second-order valence-corrected chi connectivity index (χ2v) is 8.58. The molecule has 2 fully saturated rings. The molecule has 1 saturated carbocycles. The molecule has 2 aliphatic rings. The van der Waals surface area contributed by atoms with Crippen molar-refractivity contribution in [2.75, 3.05) is 18.4 Å². The molecule has 1 N–H and O–H groups in total. The number of anilines is 1. The van der Waals surface area contributed by atoms with E-state index in [0.29, 0.717) is 18.9 Å². The molecule has 2 aromatic rings. The zero-order valence-corrected chi connectivity index (χ0v) is 14.5. The molecule has 1 saturated heterocycles. The molecule has 5 nitrogen and oxygen atoms in total. The Balaban J connectivity index is 1.42. The Kier molecular flexibility index (Phi) is 4.21. The zero-order valence-electron chi connectivity index (χ0n) is 13.7.